The zero-order valence-electron chi connectivity index (χ0n) is 18.9. The summed E-state index contributed by atoms with van der Waals surface area (Å²) in [5.41, 5.74) is 1.84. The summed E-state index contributed by atoms with van der Waals surface area (Å²) in [7, 11) is 0. The second-order valence-electron chi connectivity index (χ2n) is 9.18. The van der Waals surface area contributed by atoms with Crippen molar-refractivity contribution in [2.75, 3.05) is 44.6 Å². The van der Waals surface area contributed by atoms with E-state index >= 15 is 8.78 Å². The molecular weight excluding hydrogens is 430 g/mol. The van der Waals surface area contributed by atoms with E-state index in [1.165, 1.54) is 6.20 Å². The molecule has 4 rings (SSSR count). The number of rotatable bonds is 8. The maximum atomic E-state index is 15.3. The molecule has 4 heterocycles. The number of nitrogens with zero attached hydrogens (tertiary/aromatic N) is 3. The Bertz CT molecular complexity index is 989. The van der Waals surface area contributed by atoms with Gasteiger partial charge in [-0.25, -0.2) is 13.8 Å². The number of hydrogen-bond donors (Lipinski definition) is 3. The van der Waals surface area contributed by atoms with Crippen molar-refractivity contribution in [1.29, 1.82) is 0 Å². The number of alkyl halides is 2. The van der Waals surface area contributed by atoms with Crippen LogP contribution in [0.4, 0.5) is 14.5 Å². The summed E-state index contributed by atoms with van der Waals surface area (Å²) in [6.45, 7) is 5.19. The molecule has 2 saturated heterocycles. The van der Waals surface area contributed by atoms with Crippen LogP contribution in [0.1, 0.15) is 37.3 Å². The molecule has 33 heavy (non-hydrogen) atoms. The maximum absolute atomic E-state index is 15.3. The number of piperidine rings is 2. The fraction of sp³-hybridized carbons (Fsp3) is 0.609. The highest BCUT2D eigenvalue weighted by atomic mass is 19.3. The standard InChI is InChI=1S/C23H32F2N6O2/c1-16-12-31(22-19(16)10-18(11-28-22)29-21(33)4-8-27-15-32)20-5-9-30(14-23(20,24)25)13-17-2-6-26-7-3-17/h10-12,15,17,20,26H,2-9,13-14H2,1H3,(H,27,32)(H,29,33). The number of carbonyl (C=O) groups is 2. The SMILES string of the molecule is Cc1cn(C2CCN(CC3CCNCC3)CC2(F)F)c2ncc(NC(=O)CCNC=O)cc12. The zero-order chi connectivity index (χ0) is 23.4. The van der Waals surface area contributed by atoms with Gasteiger partial charge in [0, 0.05) is 37.6 Å². The quantitative estimate of drug-likeness (QED) is 0.414. The Morgan fingerprint density at radius 3 is 2.85 bits per heavy atom. The van der Waals surface area contributed by atoms with Crippen LogP contribution < -0.4 is 16.0 Å². The van der Waals surface area contributed by atoms with Crippen LogP contribution in [0.3, 0.4) is 0 Å². The average Bonchev–Trinajstić information content (AvgIpc) is 3.09. The summed E-state index contributed by atoms with van der Waals surface area (Å²) < 4.78 is 32.2. The molecule has 1 unspecified atom stereocenters. The minimum atomic E-state index is -2.86. The molecular formula is C23H32F2N6O2. The van der Waals surface area contributed by atoms with Crippen LogP contribution in [0.5, 0.6) is 0 Å². The third-order valence-corrected chi connectivity index (χ3v) is 6.68. The van der Waals surface area contributed by atoms with Gasteiger partial charge in [-0.05, 0) is 56.8 Å². The van der Waals surface area contributed by atoms with Crippen molar-refractivity contribution in [3.8, 4) is 0 Å². The number of anilines is 1. The Hall–Kier alpha value is -2.59. The number of carbonyl (C=O) groups excluding carboxylic acids is 2. The van der Waals surface area contributed by atoms with E-state index in [2.05, 4.69) is 20.9 Å². The Labute approximate surface area is 192 Å². The topological polar surface area (TPSA) is 91.3 Å². The lowest BCUT2D eigenvalue weighted by Crippen LogP contribution is -2.51. The molecule has 0 aromatic carbocycles. The molecule has 0 radical (unpaired) electrons. The van der Waals surface area contributed by atoms with Crippen molar-refractivity contribution in [2.45, 2.75) is 44.6 Å². The molecule has 2 aliphatic heterocycles. The lowest BCUT2D eigenvalue weighted by atomic mass is 9.94. The molecule has 2 aromatic rings. The van der Waals surface area contributed by atoms with Gasteiger partial charge in [0.1, 0.15) is 11.7 Å². The van der Waals surface area contributed by atoms with Crippen LogP contribution in [0.2, 0.25) is 0 Å². The largest absolute Gasteiger partial charge is 0.358 e. The van der Waals surface area contributed by atoms with E-state index in [9.17, 15) is 9.59 Å². The van der Waals surface area contributed by atoms with E-state index in [0.29, 0.717) is 36.6 Å². The van der Waals surface area contributed by atoms with E-state index in [4.69, 9.17) is 0 Å². The van der Waals surface area contributed by atoms with E-state index in [0.717, 1.165) is 43.4 Å². The number of nitrogens with one attached hydrogen (secondary N) is 3. The number of aromatic nitrogens is 2. The number of pyridine rings is 1. The second-order valence-corrected chi connectivity index (χ2v) is 9.18. The predicted molar refractivity (Wildman–Crippen MR) is 122 cm³/mol. The van der Waals surface area contributed by atoms with Crippen molar-refractivity contribution >= 4 is 29.0 Å². The van der Waals surface area contributed by atoms with Crippen molar-refractivity contribution in [3.63, 3.8) is 0 Å². The van der Waals surface area contributed by atoms with Crippen LogP contribution in [-0.2, 0) is 9.59 Å². The first kappa shape index (κ1) is 23.6. The second kappa shape index (κ2) is 10.1. The first-order valence-electron chi connectivity index (χ1n) is 11.6. The smallest absolute Gasteiger partial charge is 0.280 e. The number of fused-ring (bicyclic) bond motifs is 1. The minimum absolute atomic E-state index is 0.138. The van der Waals surface area contributed by atoms with Crippen molar-refractivity contribution in [1.82, 2.24) is 25.1 Å². The van der Waals surface area contributed by atoms with Gasteiger partial charge in [0.2, 0.25) is 12.3 Å². The van der Waals surface area contributed by atoms with Crippen molar-refractivity contribution in [2.24, 2.45) is 5.92 Å². The fourth-order valence-electron chi connectivity index (χ4n) is 4.99. The molecule has 0 saturated carbocycles. The number of halogens is 2. The number of likely N-dealkylation sites (tertiary alicyclic amines) is 1. The first-order chi connectivity index (χ1) is 15.9. The van der Waals surface area contributed by atoms with Gasteiger partial charge in [-0.15, -0.1) is 0 Å². The predicted octanol–water partition coefficient (Wildman–Crippen LogP) is 2.30. The summed E-state index contributed by atoms with van der Waals surface area (Å²) >= 11 is 0. The molecule has 10 heteroatoms. The lowest BCUT2D eigenvalue weighted by Gasteiger charge is -2.40. The third kappa shape index (κ3) is 5.50. The van der Waals surface area contributed by atoms with Crippen LogP contribution in [0, 0.1) is 12.8 Å². The van der Waals surface area contributed by atoms with Gasteiger partial charge in [0.15, 0.2) is 0 Å². The van der Waals surface area contributed by atoms with Gasteiger partial charge in [-0.3, -0.25) is 14.5 Å². The molecule has 0 bridgehead atoms. The van der Waals surface area contributed by atoms with Gasteiger partial charge in [-0.1, -0.05) is 0 Å². The van der Waals surface area contributed by atoms with E-state index in [1.807, 2.05) is 11.8 Å². The maximum Gasteiger partial charge on any atom is 0.280 e. The molecule has 0 spiro atoms. The summed E-state index contributed by atoms with van der Waals surface area (Å²) in [6.07, 6.45) is 6.38. The highest BCUT2D eigenvalue weighted by Crippen LogP contribution is 2.39. The molecule has 3 N–H and O–H groups in total. The Balaban J connectivity index is 1.46. The van der Waals surface area contributed by atoms with Crippen molar-refractivity contribution in [3.05, 3.63) is 24.0 Å². The Morgan fingerprint density at radius 2 is 2.12 bits per heavy atom. The van der Waals surface area contributed by atoms with Crippen molar-refractivity contribution < 1.29 is 18.4 Å². The van der Waals surface area contributed by atoms with E-state index < -0.39 is 12.0 Å². The Kier molecular flexibility index (Phi) is 7.23. The van der Waals surface area contributed by atoms with Crippen LogP contribution in [0.25, 0.3) is 11.0 Å². The molecule has 2 aromatic heterocycles. The summed E-state index contributed by atoms with van der Waals surface area (Å²) in [6, 6.07) is 0.823. The minimum Gasteiger partial charge on any atom is -0.358 e. The third-order valence-electron chi connectivity index (χ3n) is 6.68. The molecule has 8 nitrogen and oxygen atoms in total. The van der Waals surface area contributed by atoms with Crippen LogP contribution in [-0.4, -0.2) is 72.0 Å². The fourth-order valence-corrected chi connectivity index (χ4v) is 4.99. The van der Waals surface area contributed by atoms with E-state index in [-0.39, 0.29) is 25.4 Å². The normalized spacial score (nSPS) is 21.7. The number of amides is 2. The molecule has 2 aliphatic rings. The van der Waals surface area contributed by atoms with Gasteiger partial charge >= 0.3 is 0 Å². The monoisotopic (exact) mass is 462 g/mol. The van der Waals surface area contributed by atoms with Crippen LogP contribution >= 0.6 is 0 Å². The molecule has 2 amide bonds. The van der Waals surface area contributed by atoms with Crippen LogP contribution in [0.15, 0.2) is 18.5 Å². The van der Waals surface area contributed by atoms with Gasteiger partial charge in [-0.2, -0.15) is 0 Å². The molecule has 1 atom stereocenters. The molecule has 180 valence electrons. The van der Waals surface area contributed by atoms with Gasteiger partial charge in [0.25, 0.3) is 5.92 Å². The summed E-state index contributed by atoms with van der Waals surface area (Å²) in [4.78, 5) is 28.7. The summed E-state index contributed by atoms with van der Waals surface area (Å²) in [5, 5.41) is 9.25. The number of hydrogen-bond acceptors (Lipinski definition) is 5. The van der Waals surface area contributed by atoms with Gasteiger partial charge in [0.05, 0.1) is 18.4 Å². The number of aryl methyl sites for hydroxylation is 1. The van der Waals surface area contributed by atoms with E-state index in [1.54, 1.807) is 16.8 Å². The average molecular weight is 463 g/mol. The molecule has 0 aliphatic carbocycles. The Morgan fingerprint density at radius 1 is 1.33 bits per heavy atom. The van der Waals surface area contributed by atoms with Gasteiger partial charge < -0.3 is 20.5 Å². The zero-order valence-corrected chi connectivity index (χ0v) is 18.9. The summed E-state index contributed by atoms with van der Waals surface area (Å²) in [5.74, 6) is -2.63. The molecule has 2 fully saturated rings. The highest BCUT2D eigenvalue weighted by molar-refractivity contribution is 5.93. The first-order valence-corrected chi connectivity index (χ1v) is 11.6. The highest BCUT2D eigenvalue weighted by Gasteiger charge is 2.46. The lowest BCUT2D eigenvalue weighted by molar-refractivity contribution is -0.116.